The zero-order valence-corrected chi connectivity index (χ0v) is 11.8. The monoisotopic (exact) mass is 250 g/mol. The first kappa shape index (κ1) is 13.4. The van der Waals surface area contributed by atoms with Crippen molar-refractivity contribution in [2.75, 3.05) is 27.7 Å². The smallest absolute Gasteiger partial charge is 0.191 e. The summed E-state index contributed by atoms with van der Waals surface area (Å²) >= 11 is 0. The molecule has 0 heterocycles. The number of nitrogens with zero attached hydrogens (tertiary/aromatic N) is 2. The Labute approximate surface area is 111 Å². The summed E-state index contributed by atoms with van der Waals surface area (Å²) in [5.41, 5.74) is 0. The van der Waals surface area contributed by atoms with Gasteiger partial charge in [0.05, 0.1) is 0 Å². The summed E-state index contributed by atoms with van der Waals surface area (Å²) in [6, 6.07) is 1.15. The van der Waals surface area contributed by atoms with E-state index in [0.29, 0.717) is 12.1 Å². The molecule has 0 bridgehead atoms. The van der Waals surface area contributed by atoms with Gasteiger partial charge < -0.3 is 15.5 Å². The van der Waals surface area contributed by atoms with E-state index in [1.165, 1.54) is 12.8 Å². The van der Waals surface area contributed by atoms with Crippen molar-refractivity contribution in [3.05, 3.63) is 12.2 Å². The predicted octanol–water partition coefficient (Wildman–Crippen LogP) is 1.21. The topological polar surface area (TPSA) is 39.7 Å². The predicted molar refractivity (Wildman–Crippen MR) is 76.9 cm³/mol. The molecule has 0 radical (unpaired) electrons. The molecule has 0 aliphatic heterocycles. The van der Waals surface area contributed by atoms with Gasteiger partial charge in [-0.1, -0.05) is 12.2 Å². The van der Waals surface area contributed by atoms with E-state index in [2.05, 4.69) is 46.8 Å². The van der Waals surface area contributed by atoms with Gasteiger partial charge >= 0.3 is 0 Å². The quantitative estimate of drug-likeness (QED) is 0.438. The van der Waals surface area contributed by atoms with Gasteiger partial charge in [0.1, 0.15) is 0 Å². The lowest BCUT2D eigenvalue weighted by Crippen LogP contribution is -2.48. The number of nitrogens with one attached hydrogen (secondary N) is 2. The summed E-state index contributed by atoms with van der Waals surface area (Å²) < 4.78 is 0. The fourth-order valence-corrected chi connectivity index (χ4v) is 2.58. The maximum Gasteiger partial charge on any atom is 0.191 e. The Morgan fingerprint density at radius 3 is 2.50 bits per heavy atom. The van der Waals surface area contributed by atoms with E-state index < -0.39 is 0 Å². The summed E-state index contributed by atoms with van der Waals surface area (Å²) in [6.07, 6.45) is 9.45. The lowest BCUT2D eigenvalue weighted by molar-refractivity contribution is 0.264. The molecule has 1 saturated carbocycles. The van der Waals surface area contributed by atoms with Crippen LogP contribution in [0.15, 0.2) is 17.1 Å². The largest absolute Gasteiger partial charge is 0.355 e. The van der Waals surface area contributed by atoms with Crippen molar-refractivity contribution < 1.29 is 0 Å². The number of aliphatic imine (C=N–C) groups is 1. The molecule has 4 heteroatoms. The van der Waals surface area contributed by atoms with Crippen LogP contribution < -0.4 is 10.6 Å². The van der Waals surface area contributed by atoms with Crippen LogP contribution in [0.4, 0.5) is 0 Å². The van der Waals surface area contributed by atoms with Crippen molar-refractivity contribution in [1.29, 1.82) is 0 Å². The third-order valence-corrected chi connectivity index (χ3v) is 3.88. The summed E-state index contributed by atoms with van der Waals surface area (Å²) in [5, 5.41) is 6.95. The number of rotatable bonds is 5. The van der Waals surface area contributed by atoms with Crippen molar-refractivity contribution in [2.24, 2.45) is 10.9 Å². The minimum atomic E-state index is 0.523. The summed E-state index contributed by atoms with van der Waals surface area (Å²) in [4.78, 5) is 6.64. The second-order valence-electron chi connectivity index (χ2n) is 5.61. The standard InChI is InChI=1S/C14H26N4/c1-15-14(17-12-6-4-5-7-12)16-10-13(18(2)3)11-8-9-11/h4-5,11-13H,6-10H2,1-3H3,(H2,15,16,17). The minimum Gasteiger partial charge on any atom is -0.355 e. The molecule has 0 aromatic heterocycles. The average molecular weight is 250 g/mol. The highest BCUT2D eigenvalue weighted by molar-refractivity contribution is 5.80. The third kappa shape index (κ3) is 3.73. The van der Waals surface area contributed by atoms with Crippen LogP contribution >= 0.6 is 0 Å². The average Bonchev–Trinajstić information content (AvgIpc) is 3.04. The molecule has 2 aliphatic carbocycles. The molecule has 2 aliphatic rings. The summed E-state index contributed by atoms with van der Waals surface area (Å²) in [6.45, 7) is 0.984. The molecule has 1 fully saturated rings. The van der Waals surface area contributed by atoms with Gasteiger partial charge in [0, 0.05) is 25.7 Å². The Morgan fingerprint density at radius 1 is 1.33 bits per heavy atom. The van der Waals surface area contributed by atoms with E-state index >= 15 is 0 Å². The van der Waals surface area contributed by atoms with Gasteiger partial charge in [0.2, 0.25) is 0 Å². The highest BCUT2D eigenvalue weighted by atomic mass is 15.2. The van der Waals surface area contributed by atoms with Gasteiger partial charge in [0.15, 0.2) is 5.96 Å². The zero-order chi connectivity index (χ0) is 13.0. The van der Waals surface area contributed by atoms with Gasteiger partial charge in [-0.2, -0.15) is 0 Å². The molecular formula is C14H26N4. The molecule has 1 atom stereocenters. The summed E-state index contributed by atoms with van der Waals surface area (Å²) in [5.74, 6) is 1.81. The molecule has 2 N–H and O–H groups in total. The Hall–Kier alpha value is -1.03. The van der Waals surface area contributed by atoms with E-state index in [0.717, 1.165) is 31.3 Å². The van der Waals surface area contributed by atoms with Crippen molar-refractivity contribution in [3.63, 3.8) is 0 Å². The number of hydrogen-bond donors (Lipinski definition) is 2. The van der Waals surface area contributed by atoms with E-state index in [1.807, 2.05) is 7.05 Å². The Kier molecular flexibility index (Phi) is 4.64. The highest BCUT2D eigenvalue weighted by Gasteiger charge is 2.32. The van der Waals surface area contributed by atoms with Crippen LogP contribution in [0.25, 0.3) is 0 Å². The number of likely N-dealkylation sites (N-methyl/N-ethyl adjacent to an activating group) is 1. The second-order valence-corrected chi connectivity index (χ2v) is 5.61. The van der Waals surface area contributed by atoms with Gasteiger partial charge in [-0.15, -0.1) is 0 Å². The Balaban J connectivity index is 1.75. The van der Waals surface area contributed by atoms with E-state index in [1.54, 1.807) is 0 Å². The summed E-state index contributed by atoms with van der Waals surface area (Å²) in [7, 11) is 6.18. The molecule has 102 valence electrons. The molecule has 18 heavy (non-hydrogen) atoms. The number of guanidine groups is 1. The fourth-order valence-electron chi connectivity index (χ4n) is 2.58. The van der Waals surface area contributed by atoms with Gasteiger partial charge in [-0.3, -0.25) is 4.99 Å². The zero-order valence-electron chi connectivity index (χ0n) is 11.8. The van der Waals surface area contributed by atoms with Crippen LogP contribution in [0.3, 0.4) is 0 Å². The van der Waals surface area contributed by atoms with E-state index in [9.17, 15) is 0 Å². The molecular weight excluding hydrogens is 224 g/mol. The minimum absolute atomic E-state index is 0.523. The Morgan fingerprint density at radius 2 is 2.00 bits per heavy atom. The Bertz CT molecular complexity index is 308. The van der Waals surface area contributed by atoms with E-state index in [4.69, 9.17) is 0 Å². The van der Waals surface area contributed by atoms with Crippen LogP contribution in [0.2, 0.25) is 0 Å². The van der Waals surface area contributed by atoms with Crippen molar-refractivity contribution in [3.8, 4) is 0 Å². The molecule has 0 aromatic carbocycles. The molecule has 0 amide bonds. The normalized spacial score (nSPS) is 22.6. The molecule has 4 nitrogen and oxygen atoms in total. The number of hydrogen-bond acceptors (Lipinski definition) is 2. The van der Waals surface area contributed by atoms with Crippen LogP contribution in [0, 0.1) is 5.92 Å². The highest BCUT2D eigenvalue weighted by Crippen LogP contribution is 2.34. The van der Waals surface area contributed by atoms with Crippen molar-refractivity contribution >= 4 is 5.96 Å². The fraction of sp³-hybridized carbons (Fsp3) is 0.786. The molecule has 2 rings (SSSR count). The van der Waals surface area contributed by atoms with Gasteiger partial charge in [0.25, 0.3) is 0 Å². The van der Waals surface area contributed by atoms with Crippen LogP contribution in [0.5, 0.6) is 0 Å². The molecule has 0 aromatic rings. The van der Waals surface area contributed by atoms with E-state index in [-0.39, 0.29) is 0 Å². The first-order chi connectivity index (χ1) is 8.70. The lowest BCUT2D eigenvalue weighted by atomic mass is 10.1. The maximum absolute atomic E-state index is 4.31. The maximum atomic E-state index is 4.31. The third-order valence-electron chi connectivity index (χ3n) is 3.88. The lowest BCUT2D eigenvalue weighted by Gasteiger charge is -2.26. The van der Waals surface area contributed by atoms with Gasteiger partial charge in [-0.25, -0.2) is 0 Å². The first-order valence-electron chi connectivity index (χ1n) is 6.99. The van der Waals surface area contributed by atoms with Crippen LogP contribution in [-0.2, 0) is 0 Å². The molecule has 0 spiro atoms. The second kappa shape index (κ2) is 6.23. The van der Waals surface area contributed by atoms with Crippen LogP contribution in [0.1, 0.15) is 25.7 Å². The SMILES string of the molecule is CN=C(NCC(C1CC1)N(C)C)NC1CC=CC1. The van der Waals surface area contributed by atoms with Gasteiger partial charge in [-0.05, 0) is 45.7 Å². The first-order valence-corrected chi connectivity index (χ1v) is 6.99. The van der Waals surface area contributed by atoms with Crippen molar-refractivity contribution in [2.45, 2.75) is 37.8 Å². The van der Waals surface area contributed by atoms with Crippen molar-refractivity contribution in [1.82, 2.24) is 15.5 Å². The molecule has 0 saturated heterocycles. The van der Waals surface area contributed by atoms with Crippen LogP contribution in [-0.4, -0.2) is 50.6 Å². The molecule has 1 unspecified atom stereocenters.